The van der Waals surface area contributed by atoms with E-state index in [4.69, 9.17) is 4.42 Å². The summed E-state index contributed by atoms with van der Waals surface area (Å²) in [6.07, 6.45) is 0. The van der Waals surface area contributed by atoms with Gasteiger partial charge in [-0.3, -0.25) is 0 Å². The van der Waals surface area contributed by atoms with E-state index in [1.165, 1.54) is 111 Å². The van der Waals surface area contributed by atoms with Crippen LogP contribution in [-0.2, 0) is 21.7 Å². The van der Waals surface area contributed by atoms with Gasteiger partial charge in [-0.15, -0.1) is 0 Å². The summed E-state index contributed by atoms with van der Waals surface area (Å²) in [6, 6.07) is 64.7. The van der Waals surface area contributed by atoms with Crippen molar-refractivity contribution in [3.05, 3.63) is 220 Å². The number of para-hydroxylation sites is 2. The van der Waals surface area contributed by atoms with Crippen molar-refractivity contribution in [2.24, 2.45) is 0 Å². The molecule has 0 bridgehead atoms. The summed E-state index contributed by atoms with van der Waals surface area (Å²) in [7, 11) is 0. The van der Waals surface area contributed by atoms with Gasteiger partial charge in [0, 0.05) is 43.5 Å². The Bertz CT molecular complexity index is 4240. The van der Waals surface area contributed by atoms with Crippen molar-refractivity contribution in [3.8, 4) is 44.5 Å². The Morgan fingerprint density at radius 1 is 0.338 bits per heavy atom. The molecule has 4 aliphatic rings. The summed E-state index contributed by atoms with van der Waals surface area (Å²) in [4.78, 5) is 2.54. The molecule has 2 nitrogen and oxygen atoms in total. The Morgan fingerprint density at radius 3 is 1.61 bits per heavy atom. The fraction of sp³-hybridized carbons (Fsp3) is 0.188. The first-order valence-corrected chi connectivity index (χ1v) is 25.6. The largest absolute Gasteiger partial charge is 0.454 e. The lowest BCUT2D eigenvalue weighted by Crippen LogP contribution is -2.24. The van der Waals surface area contributed by atoms with E-state index in [0.29, 0.717) is 0 Å². The summed E-state index contributed by atoms with van der Waals surface area (Å²) in [5, 5.41) is 7.39. The van der Waals surface area contributed by atoms with Crippen LogP contribution in [0.5, 0.6) is 0 Å². The van der Waals surface area contributed by atoms with Gasteiger partial charge >= 0.3 is 0 Å². The zero-order valence-corrected chi connectivity index (χ0v) is 42.0. The van der Waals surface area contributed by atoms with Gasteiger partial charge in [-0.25, -0.2) is 0 Å². The zero-order chi connectivity index (χ0) is 48.2. The van der Waals surface area contributed by atoms with Crippen molar-refractivity contribution in [3.63, 3.8) is 0 Å². The highest BCUT2D eigenvalue weighted by molar-refractivity contribution is 6.15. The SMILES string of the molecule is Cc1cccc2c1oc1c(N(c3ccc4c(c3)C(C)(C)c3c-4ccc4c3C(C)(C)c3ccc5ccccc5c3-4)c3cc4c(c5ccccc35)-c3ccc5c(c3C4(C)C)C(C)(C)c3ccccc3-5)cccc12. The molecule has 4 aliphatic carbocycles. The van der Waals surface area contributed by atoms with Crippen molar-refractivity contribution in [1.29, 1.82) is 0 Å². The van der Waals surface area contributed by atoms with Gasteiger partial charge in [0.2, 0.25) is 0 Å². The molecule has 1 aromatic heterocycles. The molecule has 0 amide bonds. The smallest absolute Gasteiger partial charge is 0.159 e. The van der Waals surface area contributed by atoms with Crippen molar-refractivity contribution in [2.45, 2.75) is 84.0 Å². The van der Waals surface area contributed by atoms with Crippen LogP contribution in [0.4, 0.5) is 17.1 Å². The number of anilines is 3. The lowest BCUT2D eigenvalue weighted by molar-refractivity contribution is 0.601. The van der Waals surface area contributed by atoms with Gasteiger partial charge in [0.15, 0.2) is 5.58 Å². The molecule has 2 heteroatoms. The summed E-state index contributed by atoms with van der Waals surface area (Å²) < 4.78 is 7.12. The summed E-state index contributed by atoms with van der Waals surface area (Å²) in [5.41, 5.74) is 27.7. The number of fused-ring (bicyclic) bond motifs is 21. The van der Waals surface area contributed by atoms with Crippen LogP contribution in [-0.4, -0.2) is 0 Å². The van der Waals surface area contributed by atoms with Crippen LogP contribution < -0.4 is 4.90 Å². The monoisotopic (exact) mass is 913 g/mol. The minimum Gasteiger partial charge on any atom is -0.454 e. The van der Waals surface area contributed by atoms with Gasteiger partial charge in [0.25, 0.3) is 0 Å². The zero-order valence-electron chi connectivity index (χ0n) is 42.0. The van der Waals surface area contributed by atoms with E-state index in [1.807, 2.05) is 0 Å². The highest BCUT2D eigenvalue weighted by Gasteiger charge is 2.48. The first-order chi connectivity index (χ1) is 34.2. The molecule has 11 aromatic rings. The van der Waals surface area contributed by atoms with Crippen LogP contribution in [0.3, 0.4) is 0 Å². The maximum absolute atomic E-state index is 7.12. The molecule has 0 saturated carbocycles. The average molecular weight is 914 g/mol. The molecule has 71 heavy (non-hydrogen) atoms. The number of rotatable bonds is 3. The van der Waals surface area contributed by atoms with E-state index in [-0.39, 0.29) is 21.7 Å². The number of aryl methyl sites for hydroxylation is 1. The lowest BCUT2D eigenvalue weighted by atomic mass is 9.72. The molecule has 342 valence electrons. The van der Waals surface area contributed by atoms with E-state index in [2.05, 4.69) is 237 Å². The Kier molecular flexibility index (Phi) is 7.75. The number of nitrogens with zero attached hydrogens (tertiary/aromatic N) is 1. The lowest BCUT2D eigenvalue weighted by Gasteiger charge is -2.33. The van der Waals surface area contributed by atoms with Crippen molar-refractivity contribution >= 4 is 60.5 Å². The highest BCUT2D eigenvalue weighted by atomic mass is 16.3. The van der Waals surface area contributed by atoms with Gasteiger partial charge in [0.05, 0.1) is 11.4 Å². The van der Waals surface area contributed by atoms with E-state index in [0.717, 1.165) is 44.6 Å². The number of hydrogen-bond donors (Lipinski definition) is 0. The van der Waals surface area contributed by atoms with Crippen LogP contribution in [0.15, 0.2) is 174 Å². The first kappa shape index (κ1) is 41.1. The molecule has 0 spiro atoms. The third-order valence-corrected chi connectivity index (χ3v) is 18.0. The van der Waals surface area contributed by atoms with Crippen molar-refractivity contribution in [1.82, 2.24) is 0 Å². The molecular formula is C69H55NO. The quantitative estimate of drug-likeness (QED) is 0.176. The van der Waals surface area contributed by atoms with Crippen LogP contribution in [0.2, 0.25) is 0 Å². The molecule has 1 heterocycles. The van der Waals surface area contributed by atoms with Crippen molar-refractivity contribution < 1.29 is 4.42 Å². The fourth-order valence-corrected chi connectivity index (χ4v) is 14.8. The Balaban J connectivity index is 0.982. The second kappa shape index (κ2) is 13.4. The van der Waals surface area contributed by atoms with Crippen LogP contribution in [0.1, 0.15) is 105 Å². The summed E-state index contributed by atoms with van der Waals surface area (Å²) >= 11 is 0. The molecule has 0 N–H and O–H groups in total. The minimum absolute atomic E-state index is 0.142. The fourth-order valence-electron chi connectivity index (χ4n) is 14.8. The molecule has 0 fully saturated rings. The molecule has 0 aliphatic heterocycles. The Hall–Kier alpha value is -7.68. The number of hydrogen-bond acceptors (Lipinski definition) is 2. The molecule has 10 aromatic carbocycles. The Labute approximate surface area is 416 Å². The third kappa shape index (κ3) is 4.98. The second-order valence-electron chi connectivity index (χ2n) is 23.2. The molecule has 0 saturated heterocycles. The predicted octanol–water partition coefficient (Wildman–Crippen LogP) is 18.9. The van der Waals surface area contributed by atoms with Gasteiger partial charge in [-0.1, -0.05) is 201 Å². The average Bonchev–Trinajstić information content (AvgIpc) is 4.09. The summed E-state index contributed by atoms with van der Waals surface area (Å²) in [6.45, 7) is 21.8. The van der Waals surface area contributed by atoms with Gasteiger partial charge < -0.3 is 9.32 Å². The van der Waals surface area contributed by atoms with Gasteiger partial charge in [-0.05, 0) is 142 Å². The van der Waals surface area contributed by atoms with Gasteiger partial charge in [-0.2, -0.15) is 0 Å². The minimum atomic E-state index is -0.292. The standard InChI is InChI=1S/C69H55NO/c1-38-18-16-24-48-49-25-17-27-56(65(49)71-64(38)48)70(40-29-30-43-47-32-33-50-58-41-20-11-10-19-39(41)28-35-53(58)67(4,5)62(50)61(47)68(6,7)54(43)36-40)57-37-55-59(45-23-13-12-22-44(45)57)51-34-31-46-42-21-14-15-26-52(42)66(2,3)60(46)63(51)69(55,8)9/h10-37H,1-9H3. The maximum Gasteiger partial charge on any atom is 0.159 e. The summed E-state index contributed by atoms with van der Waals surface area (Å²) in [5.74, 6) is 0. The van der Waals surface area contributed by atoms with E-state index >= 15 is 0 Å². The van der Waals surface area contributed by atoms with Crippen LogP contribution >= 0.6 is 0 Å². The van der Waals surface area contributed by atoms with E-state index in [1.54, 1.807) is 0 Å². The molecule has 0 atom stereocenters. The number of furan rings is 1. The topological polar surface area (TPSA) is 16.4 Å². The van der Waals surface area contributed by atoms with E-state index < -0.39 is 0 Å². The molecule has 0 radical (unpaired) electrons. The molecule has 15 rings (SSSR count). The molecule has 0 unspecified atom stereocenters. The van der Waals surface area contributed by atoms with Crippen LogP contribution in [0.25, 0.3) is 88.0 Å². The maximum atomic E-state index is 7.12. The van der Waals surface area contributed by atoms with Gasteiger partial charge in [0.1, 0.15) is 5.58 Å². The van der Waals surface area contributed by atoms with Crippen LogP contribution in [0, 0.1) is 6.92 Å². The Morgan fingerprint density at radius 2 is 0.859 bits per heavy atom. The normalized spacial score (nSPS) is 16.4. The first-order valence-electron chi connectivity index (χ1n) is 25.6. The van der Waals surface area contributed by atoms with Crippen molar-refractivity contribution in [2.75, 3.05) is 4.90 Å². The van der Waals surface area contributed by atoms with E-state index in [9.17, 15) is 0 Å². The highest BCUT2D eigenvalue weighted by Crippen LogP contribution is 2.63. The third-order valence-electron chi connectivity index (χ3n) is 18.0. The second-order valence-corrected chi connectivity index (χ2v) is 23.2. The number of benzene rings is 10. The predicted molar refractivity (Wildman–Crippen MR) is 298 cm³/mol. The molecular weight excluding hydrogens is 859 g/mol.